The number of amides is 4. The third kappa shape index (κ3) is 6.04. The number of urea groups is 1. The Morgan fingerprint density at radius 1 is 0.739 bits per heavy atom. The van der Waals surface area contributed by atoms with Crippen LogP contribution in [-0.4, -0.2) is 24.5 Å². The van der Waals surface area contributed by atoms with Gasteiger partial charge in [0.25, 0.3) is 11.8 Å². The number of nitrogens with zero attached hydrogens (tertiary/aromatic N) is 2. The van der Waals surface area contributed by atoms with Crippen molar-refractivity contribution in [1.82, 2.24) is 0 Å². The highest BCUT2D eigenvalue weighted by molar-refractivity contribution is 9.10. The summed E-state index contributed by atoms with van der Waals surface area (Å²) in [5, 5.41) is 1.57. The van der Waals surface area contributed by atoms with Gasteiger partial charge in [-0.05, 0) is 89.6 Å². The van der Waals surface area contributed by atoms with Crippen LogP contribution in [0.2, 0.25) is 0 Å². The molecule has 0 aliphatic carbocycles. The van der Waals surface area contributed by atoms with Gasteiger partial charge >= 0.3 is 6.03 Å². The highest BCUT2D eigenvalue weighted by Crippen LogP contribution is 2.39. The molecule has 0 atom stereocenters. The molecule has 1 heterocycles. The Morgan fingerprint density at radius 2 is 1.39 bits per heavy atom. The zero-order valence-electron chi connectivity index (χ0n) is 25.6. The van der Waals surface area contributed by atoms with E-state index in [-0.39, 0.29) is 5.57 Å². The number of hydrogen-bond donors (Lipinski definition) is 0. The molecular weight excluding hydrogens is 644 g/mol. The molecule has 0 N–H and O–H groups in total. The molecule has 1 aliphatic heterocycles. The molecule has 0 aromatic heterocycles. The minimum Gasteiger partial charge on any atom is -0.490 e. The molecule has 6 rings (SSSR count). The Balaban J connectivity index is 1.44. The van der Waals surface area contributed by atoms with E-state index in [4.69, 9.17) is 9.47 Å². The number of carbonyl (C=O) groups is 3. The zero-order valence-corrected chi connectivity index (χ0v) is 27.2. The van der Waals surface area contributed by atoms with Crippen molar-refractivity contribution in [2.24, 2.45) is 0 Å². The number of anilines is 2. The summed E-state index contributed by atoms with van der Waals surface area (Å²) in [5.41, 5.74) is 4.22. The van der Waals surface area contributed by atoms with Crippen LogP contribution >= 0.6 is 15.9 Å². The summed E-state index contributed by atoms with van der Waals surface area (Å²) in [5.74, 6) is -0.490. The summed E-state index contributed by atoms with van der Waals surface area (Å²) in [4.78, 5) is 44.4. The Hall–Kier alpha value is -5.21. The van der Waals surface area contributed by atoms with Crippen molar-refractivity contribution in [2.75, 3.05) is 16.4 Å². The predicted octanol–water partition coefficient (Wildman–Crippen LogP) is 8.78. The monoisotopic (exact) mass is 674 g/mol. The van der Waals surface area contributed by atoms with Crippen LogP contribution in [0.3, 0.4) is 0 Å². The molecule has 46 heavy (non-hydrogen) atoms. The van der Waals surface area contributed by atoms with E-state index in [0.717, 1.165) is 31.9 Å². The van der Waals surface area contributed by atoms with Crippen LogP contribution in [0.15, 0.2) is 113 Å². The third-order valence-corrected chi connectivity index (χ3v) is 8.28. The number of aryl methyl sites for hydroxylation is 2. The fraction of sp³-hybridized carbons (Fsp3) is 0.132. The van der Waals surface area contributed by atoms with Crippen LogP contribution in [0.25, 0.3) is 16.8 Å². The van der Waals surface area contributed by atoms with E-state index < -0.39 is 17.8 Å². The average molecular weight is 676 g/mol. The molecule has 1 aliphatic rings. The van der Waals surface area contributed by atoms with E-state index in [0.29, 0.717) is 51.5 Å². The largest absolute Gasteiger partial charge is 0.490 e. The highest BCUT2D eigenvalue weighted by Gasteiger charge is 2.44. The molecule has 1 fully saturated rings. The molecule has 4 amide bonds. The Labute approximate surface area is 275 Å². The van der Waals surface area contributed by atoms with Gasteiger partial charge in [-0.3, -0.25) is 9.59 Å². The number of halogens is 1. The number of ether oxygens (including phenoxy) is 2. The van der Waals surface area contributed by atoms with Crippen molar-refractivity contribution in [3.05, 3.63) is 135 Å². The van der Waals surface area contributed by atoms with Crippen LogP contribution in [0.1, 0.15) is 29.2 Å². The SMILES string of the molecule is CCOc1cc(/C=C2\C(=O)N(c3ccc(C)cc3)C(=O)N(c3cccc4ccccc34)C2=O)cc(Br)c1OCc1ccc(C)cc1. The van der Waals surface area contributed by atoms with Gasteiger partial charge in [0.05, 0.1) is 22.5 Å². The van der Waals surface area contributed by atoms with Crippen LogP contribution < -0.4 is 19.3 Å². The first kappa shape index (κ1) is 30.8. The standard InChI is InChI=1S/C38H31BrN2O5/c1-4-45-34-22-27(21-32(39)35(34)46-23-26-16-12-24(2)13-17-26)20-31-36(42)40(29-18-14-25(3)15-19-29)38(44)41(37(31)43)33-11-7-9-28-8-5-6-10-30(28)33/h5-22H,4,23H2,1-3H3/b31-20+. The van der Waals surface area contributed by atoms with Gasteiger partial charge in [-0.15, -0.1) is 0 Å². The number of fused-ring (bicyclic) bond motifs is 1. The Bertz CT molecular complexity index is 2000. The average Bonchev–Trinajstić information content (AvgIpc) is 3.05. The van der Waals surface area contributed by atoms with Gasteiger partial charge in [-0.1, -0.05) is 83.9 Å². The van der Waals surface area contributed by atoms with Crippen LogP contribution in [0, 0.1) is 13.8 Å². The quantitative estimate of drug-likeness (QED) is 0.121. The molecule has 7 nitrogen and oxygen atoms in total. The Morgan fingerprint density at radius 3 is 2.11 bits per heavy atom. The van der Waals surface area contributed by atoms with Gasteiger partial charge in [-0.2, -0.15) is 0 Å². The summed E-state index contributed by atoms with van der Waals surface area (Å²) >= 11 is 3.61. The first-order valence-corrected chi connectivity index (χ1v) is 15.7. The highest BCUT2D eigenvalue weighted by atomic mass is 79.9. The van der Waals surface area contributed by atoms with Crippen LogP contribution in [0.4, 0.5) is 16.2 Å². The molecule has 230 valence electrons. The van der Waals surface area contributed by atoms with E-state index in [1.807, 2.05) is 87.5 Å². The summed E-state index contributed by atoms with van der Waals surface area (Å²) in [6.07, 6.45) is 1.49. The molecule has 0 bridgehead atoms. The second-order valence-electron chi connectivity index (χ2n) is 11.0. The van der Waals surface area contributed by atoms with Gasteiger partial charge in [0, 0.05) is 5.39 Å². The maximum atomic E-state index is 14.2. The fourth-order valence-corrected chi connectivity index (χ4v) is 5.92. The lowest BCUT2D eigenvalue weighted by molar-refractivity contribution is -0.121. The number of benzene rings is 5. The minimum atomic E-state index is -0.747. The van der Waals surface area contributed by atoms with Crippen LogP contribution in [-0.2, 0) is 16.2 Å². The second-order valence-corrected chi connectivity index (χ2v) is 11.8. The van der Waals surface area contributed by atoms with Crippen molar-refractivity contribution < 1.29 is 23.9 Å². The smallest absolute Gasteiger partial charge is 0.343 e. The van der Waals surface area contributed by atoms with Gasteiger partial charge < -0.3 is 9.47 Å². The third-order valence-electron chi connectivity index (χ3n) is 7.70. The molecule has 5 aromatic rings. The van der Waals surface area contributed by atoms with E-state index >= 15 is 0 Å². The van der Waals surface area contributed by atoms with E-state index in [1.54, 1.807) is 36.4 Å². The molecule has 0 saturated carbocycles. The maximum Gasteiger partial charge on any atom is 0.343 e. The summed E-state index contributed by atoms with van der Waals surface area (Å²) < 4.78 is 12.7. The van der Waals surface area contributed by atoms with E-state index in [1.165, 1.54) is 6.08 Å². The van der Waals surface area contributed by atoms with Gasteiger partial charge in [0.15, 0.2) is 11.5 Å². The van der Waals surface area contributed by atoms with Crippen molar-refractivity contribution in [3.63, 3.8) is 0 Å². The molecule has 1 saturated heterocycles. The molecular formula is C38H31BrN2O5. The molecule has 5 aromatic carbocycles. The predicted molar refractivity (Wildman–Crippen MR) is 184 cm³/mol. The molecule has 8 heteroatoms. The number of barbiturate groups is 1. The summed E-state index contributed by atoms with van der Waals surface area (Å²) in [6, 6.07) is 30.7. The number of hydrogen-bond acceptors (Lipinski definition) is 5. The normalized spacial score (nSPS) is 14.3. The van der Waals surface area contributed by atoms with Crippen molar-refractivity contribution >= 4 is 62.0 Å². The van der Waals surface area contributed by atoms with Crippen LogP contribution in [0.5, 0.6) is 11.5 Å². The molecule has 0 radical (unpaired) electrons. The van der Waals surface area contributed by atoms with E-state index in [9.17, 15) is 14.4 Å². The zero-order chi connectivity index (χ0) is 32.4. The van der Waals surface area contributed by atoms with Crippen molar-refractivity contribution in [1.29, 1.82) is 0 Å². The molecule has 0 unspecified atom stereocenters. The Kier molecular flexibility index (Phi) is 8.72. The number of rotatable bonds is 8. The topological polar surface area (TPSA) is 76.2 Å². The second kappa shape index (κ2) is 13.0. The minimum absolute atomic E-state index is 0.171. The van der Waals surface area contributed by atoms with E-state index in [2.05, 4.69) is 15.9 Å². The first-order valence-electron chi connectivity index (χ1n) is 14.9. The van der Waals surface area contributed by atoms with Gasteiger partial charge in [-0.25, -0.2) is 14.6 Å². The first-order chi connectivity index (χ1) is 22.2. The lowest BCUT2D eigenvalue weighted by atomic mass is 10.0. The maximum absolute atomic E-state index is 14.2. The number of imide groups is 2. The van der Waals surface area contributed by atoms with Gasteiger partial charge in [0.2, 0.25) is 0 Å². The summed E-state index contributed by atoms with van der Waals surface area (Å²) in [6.45, 7) is 6.51. The van der Waals surface area contributed by atoms with Crippen molar-refractivity contribution in [2.45, 2.75) is 27.4 Å². The lowest BCUT2D eigenvalue weighted by Gasteiger charge is -2.34. The fourth-order valence-electron chi connectivity index (χ4n) is 5.35. The van der Waals surface area contributed by atoms with Crippen molar-refractivity contribution in [3.8, 4) is 11.5 Å². The lowest BCUT2D eigenvalue weighted by Crippen LogP contribution is -2.57. The molecule has 0 spiro atoms. The van der Waals surface area contributed by atoms with Gasteiger partial charge in [0.1, 0.15) is 12.2 Å². The summed E-state index contributed by atoms with van der Waals surface area (Å²) in [7, 11) is 0. The number of carbonyl (C=O) groups excluding carboxylic acids is 3.